The largest absolute Gasteiger partial charge is 0.413 e. The van der Waals surface area contributed by atoms with Crippen LogP contribution in [0.5, 0.6) is 0 Å². The number of amides is 3. The molecule has 6 fully saturated rings. The van der Waals surface area contributed by atoms with Crippen LogP contribution >= 0.6 is 34.0 Å². The molecule has 6 aliphatic heterocycles. The zero-order valence-corrected chi connectivity index (χ0v) is 89.7. The van der Waals surface area contributed by atoms with E-state index in [1.165, 1.54) is 0 Å². The number of carbonyl (C=O) groups is 6. The first-order valence-electron chi connectivity index (χ1n) is 47.0. The van der Waals surface area contributed by atoms with Gasteiger partial charge in [0, 0.05) is 64.0 Å². The zero-order valence-electron chi connectivity index (χ0n) is 84.3. The number of nitrogens with zero attached hydrogens (tertiary/aromatic N) is 3. The number of aliphatic hydroxyl groups excluding tert-OH is 3. The van der Waals surface area contributed by atoms with Crippen LogP contribution in [0.4, 0.5) is 0 Å². The number of thiazole rings is 3. The molecule has 9 rings (SSSR count). The SMILES string of the molecule is C/C(=C\c1csc(C)n1)[C@@H]1C[C@@H]2O[C@]2(C)CCC[C@H](C)[C@H](O)[C@@H](C)C(=O)C(C)(C)[C@@H](O)CC(=O)N1.C/C(=C\c1csc(C)n1)[C@@H]1C[C@@H]2O[C@]2(C)CCC[C@H](C)[C@H](O)[C@@H](C)C(=O)C(C)(C)[C@@H](O[Si](C)(C)C(C)(C)C)CC(=O)N1.C/C(=C\c1csc(C)n1)[C@@H]1C[C@@H]2O[C@]2(C)CCC[C@H](C)[C@H](O[Si](C)(C)C(C)(C)C)[C@@H](C)C(=O)C(C)(C)[C@@H](O[Si](C)(C)C(C)(C)C)CC(=O)N1. The maximum Gasteiger partial charge on any atom is 0.223 e. The summed E-state index contributed by atoms with van der Waals surface area (Å²) in [6, 6.07) is -0.719. The summed E-state index contributed by atoms with van der Waals surface area (Å²) in [5.41, 5.74) is 1.90. The second kappa shape index (κ2) is 42.2. The van der Waals surface area contributed by atoms with E-state index >= 15 is 0 Å². The third kappa shape index (κ3) is 28.2. The number of epoxide rings is 3. The number of rotatable bonds is 12. The van der Waals surface area contributed by atoms with Gasteiger partial charge >= 0.3 is 0 Å². The summed E-state index contributed by atoms with van der Waals surface area (Å²) in [5, 5.41) is 51.6. The van der Waals surface area contributed by atoms with E-state index < -0.39 is 83.6 Å². The van der Waals surface area contributed by atoms with Gasteiger partial charge in [0.1, 0.15) is 17.3 Å². The number of hydrogen-bond donors (Lipinski definition) is 6. The molecule has 0 aliphatic carbocycles. The number of carbonyl (C=O) groups excluding carboxylic acids is 6. The standard InChI is InChI=1S/C39H70N2O5SSi2.C33H56N2O5SSi.C27H42N2O5S/c1-25-19-18-20-39(13)32(44-39)22-30(26(2)21-29-24-47-28(4)40-29)41-33(42)23-31(45-48(14,15)36(5,6)7)38(11,12)35(43)27(3)34(25)46-49(16,17)37(8,9)10;1-20-14-13-15-33(10)27(39-33)17-25(21(2)16-24-19-41-23(4)34-24)35-28(36)18-26(40-42(11,12)31(5,6)7)32(8,9)30(38)22(3)29(20)37;1-15-9-8-10-27(7)22(34-27)12-20(16(2)11-19-14-35-18(4)28-19)29-23(31)13-21(30)26(5,6)25(33)17(3)24(15)32/h21,24-25,27,30-32,34H,18-20,22-23H2,1-17H3,(H,41,42);16,19-20,22,25-27,29,37H,13-15,17-18H2,1-12H3,(H,35,36);11,14-15,17,20-22,24,30,32H,8-10,12-13H2,1-7H3,(H,29,31)/b26-21+;21-16+;16-11+/t25-,27+,30-,31-,32-,34-,39+;20-,22+,25-,26-,27-,29-,33+;15-,17+,20-,21-,22-,24-,27+/m000/s1. The quantitative estimate of drug-likeness (QED) is 0.0725. The summed E-state index contributed by atoms with van der Waals surface area (Å²) in [7, 11) is -6.93. The molecule has 126 heavy (non-hydrogen) atoms. The van der Waals surface area contributed by atoms with Gasteiger partial charge in [0.15, 0.2) is 25.0 Å². The van der Waals surface area contributed by atoms with Crippen molar-refractivity contribution in [2.75, 3.05) is 0 Å². The predicted molar refractivity (Wildman–Crippen MR) is 522 cm³/mol. The first kappa shape index (κ1) is 109. The molecule has 6 saturated heterocycles. The van der Waals surface area contributed by atoms with Crippen LogP contribution in [0.2, 0.25) is 54.4 Å². The van der Waals surface area contributed by atoms with E-state index in [2.05, 4.69) is 185 Å². The second-order valence-electron chi connectivity index (χ2n) is 45.8. The summed E-state index contributed by atoms with van der Waals surface area (Å²) >= 11 is 4.81. The highest BCUT2D eigenvalue weighted by atomic mass is 32.1. The third-order valence-corrected chi connectivity index (χ3v) is 46.6. The Balaban J connectivity index is 0.000000263. The molecule has 714 valence electrons. The van der Waals surface area contributed by atoms with Crippen LogP contribution in [0, 0.1) is 72.5 Å². The molecule has 0 aromatic carbocycles. The lowest BCUT2D eigenvalue weighted by Crippen LogP contribution is -2.55. The van der Waals surface area contributed by atoms with Crippen LogP contribution < -0.4 is 16.0 Å². The second-order valence-corrected chi connectivity index (χ2v) is 63.2. The van der Waals surface area contributed by atoms with Crippen LogP contribution in [0.15, 0.2) is 32.9 Å². The predicted octanol–water partition coefficient (Wildman–Crippen LogP) is 21.2. The first-order valence-corrected chi connectivity index (χ1v) is 58.3. The maximum atomic E-state index is 14.9. The van der Waals surface area contributed by atoms with Crippen molar-refractivity contribution in [3.8, 4) is 0 Å². The van der Waals surface area contributed by atoms with Crippen LogP contribution in [0.25, 0.3) is 18.2 Å². The molecular formula is C99H168N6O15S3Si3. The van der Waals surface area contributed by atoms with Gasteiger partial charge in [-0.15, -0.1) is 34.0 Å². The summed E-state index contributed by atoms with van der Waals surface area (Å²) in [6.07, 6.45) is 12.0. The number of Topliss-reactive ketones (excluding diaryl/α,β-unsaturated/α-hetero) is 3. The van der Waals surface area contributed by atoms with Crippen molar-refractivity contribution in [3.63, 3.8) is 0 Å². The Kier molecular flexibility index (Phi) is 36.4. The fraction of sp³-hybridized carbons (Fsp3) is 0.788. The Labute approximate surface area is 774 Å². The van der Waals surface area contributed by atoms with Crippen molar-refractivity contribution >= 4 is 112 Å². The van der Waals surface area contributed by atoms with Crippen molar-refractivity contribution in [2.45, 2.75) is 448 Å². The molecule has 0 spiro atoms. The third-order valence-electron chi connectivity index (χ3n) is 30.8. The molecule has 3 aromatic rings. The number of nitrogens with one attached hydrogen (secondary N) is 3. The maximum absolute atomic E-state index is 14.9. The van der Waals surface area contributed by atoms with Crippen LogP contribution in [-0.2, 0) is 56.3 Å². The number of hydrogen-bond acceptors (Lipinski definition) is 21. The number of aliphatic hydroxyl groups is 3. The highest BCUT2D eigenvalue weighted by Gasteiger charge is 2.58. The number of ketones is 3. The van der Waals surface area contributed by atoms with Crippen molar-refractivity contribution < 1.29 is 71.6 Å². The van der Waals surface area contributed by atoms with E-state index in [4.69, 9.17) is 27.5 Å². The van der Waals surface area contributed by atoms with Crippen LogP contribution in [0.1, 0.15) is 315 Å². The Morgan fingerprint density at radius 1 is 0.429 bits per heavy atom. The van der Waals surface area contributed by atoms with Crippen molar-refractivity contribution in [2.24, 2.45) is 51.8 Å². The van der Waals surface area contributed by atoms with E-state index in [9.17, 15) is 44.1 Å². The Morgan fingerprint density at radius 2 is 0.698 bits per heavy atom. The van der Waals surface area contributed by atoms with Gasteiger partial charge in [-0.3, -0.25) is 28.8 Å². The fourth-order valence-electron chi connectivity index (χ4n) is 17.7. The van der Waals surface area contributed by atoms with E-state index in [0.29, 0.717) is 19.3 Å². The van der Waals surface area contributed by atoms with Gasteiger partial charge in [0.25, 0.3) is 0 Å². The molecule has 0 radical (unpaired) electrons. The van der Waals surface area contributed by atoms with Crippen LogP contribution in [-0.4, -0.2) is 180 Å². The number of aromatic nitrogens is 3. The topological polar surface area (TPSA) is 303 Å². The Hall–Kier alpha value is -4.18. The minimum Gasteiger partial charge on any atom is -0.413 e. The molecule has 21 nitrogen and oxygen atoms in total. The van der Waals surface area contributed by atoms with Gasteiger partial charge in [-0.2, -0.15) is 0 Å². The molecule has 6 aliphatic rings. The molecule has 0 saturated carbocycles. The first-order chi connectivity index (χ1) is 57.5. The molecule has 0 bridgehead atoms. The number of aryl methyl sites for hydroxylation is 3. The average Bonchev–Trinajstić information content (AvgIpc) is 1.51. The van der Waals surface area contributed by atoms with Gasteiger partial charge in [-0.25, -0.2) is 15.0 Å². The minimum atomic E-state index is -2.38. The van der Waals surface area contributed by atoms with Gasteiger partial charge in [-0.1, -0.05) is 165 Å². The van der Waals surface area contributed by atoms with E-state index in [-0.39, 0.29) is 152 Å². The molecule has 0 unspecified atom stereocenters. The lowest BCUT2D eigenvalue weighted by molar-refractivity contribution is -0.144. The zero-order chi connectivity index (χ0) is 95.5. The number of fused-ring (bicyclic) bond motifs is 3. The highest BCUT2D eigenvalue weighted by molar-refractivity contribution is 7.10. The summed E-state index contributed by atoms with van der Waals surface area (Å²) < 4.78 is 39.9. The minimum absolute atomic E-state index is 0.0102. The van der Waals surface area contributed by atoms with E-state index in [1.54, 1.807) is 54.8 Å². The van der Waals surface area contributed by atoms with Gasteiger partial charge < -0.3 is 58.8 Å². The van der Waals surface area contributed by atoms with Gasteiger partial charge in [0.2, 0.25) is 17.7 Å². The van der Waals surface area contributed by atoms with Gasteiger partial charge in [0.05, 0.1) is 147 Å². The van der Waals surface area contributed by atoms with Gasteiger partial charge in [-0.05, 0) is 208 Å². The van der Waals surface area contributed by atoms with Crippen molar-refractivity contribution in [1.82, 2.24) is 30.9 Å². The lowest BCUT2D eigenvalue weighted by atomic mass is 9.72. The molecular weight excluding hydrogens is 1690 g/mol. The Morgan fingerprint density at radius 3 is 0.984 bits per heavy atom. The van der Waals surface area contributed by atoms with Crippen molar-refractivity contribution in [3.05, 3.63) is 65.0 Å². The molecule has 6 N–H and O–H groups in total. The summed E-state index contributed by atoms with van der Waals surface area (Å²) in [5.74, 6) is -2.23. The monoisotopic (exact) mass is 1860 g/mol. The Bertz CT molecular complexity index is 4310. The molecule has 3 aromatic heterocycles. The summed E-state index contributed by atoms with van der Waals surface area (Å²) in [6.45, 7) is 74.5. The van der Waals surface area contributed by atoms with E-state index in [0.717, 1.165) is 107 Å². The van der Waals surface area contributed by atoms with Crippen LogP contribution in [0.3, 0.4) is 0 Å². The summed E-state index contributed by atoms with van der Waals surface area (Å²) in [4.78, 5) is 97.1. The fourth-order valence-corrected chi connectivity index (χ4v) is 23.8. The molecule has 27 heteroatoms. The molecule has 21 atom stereocenters. The van der Waals surface area contributed by atoms with E-state index in [1.807, 2.05) is 106 Å². The highest BCUT2D eigenvalue weighted by Crippen LogP contribution is 2.51. The van der Waals surface area contributed by atoms with Crippen molar-refractivity contribution in [1.29, 1.82) is 0 Å². The normalized spacial score (nSPS) is 34.1. The average molecular weight is 1860 g/mol. The molecule has 9 heterocycles. The smallest absolute Gasteiger partial charge is 0.223 e. The number of ether oxygens (including phenoxy) is 3. The lowest BCUT2D eigenvalue weighted by Gasteiger charge is -2.46. The molecule has 3 amide bonds.